The van der Waals surface area contributed by atoms with Crippen LogP contribution in [0.2, 0.25) is 0 Å². The monoisotopic (exact) mass is 525 g/mol. The molecule has 1 fully saturated rings. The molecule has 1 aliphatic rings. The second-order valence-corrected chi connectivity index (χ2v) is 15.0. The molecule has 0 saturated carbocycles. The van der Waals surface area contributed by atoms with Crippen LogP contribution in [0.1, 0.15) is 129 Å². The van der Waals surface area contributed by atoms with Crippen LogP contribution in [0.3, 0.4) is 0 Å². The lowest BCUT2D eigenvalue weighted by molar-refractivity contribution is 0.362. The number of rotatable bonds is 2. The van der Waals surface area contributed by atoms with Crippen LogP contribution in [0.25, 0.3) is 0 Å². The first-order chi connectivity index (χ1) is 16.6. The summed E-state index contributed by atoms with van der Waals surface area (Å²) < 4.78 is 0. The maximum Gasteiger partial charge on any atom is 0.169 e. The zero-order valence-electron chi connectivity index (χ0n) is 24.8. The maximum atomic E-state index is 11.2. The third-order valence-electron chi connectivity index (χ3n) is 7.05. The zero-order chi connectivity index (χ0) is 28.3. The van der Waals surface area contributed by atoms with Gasteiger partial charge in [0, 0.05) is 0 Å². The molecule has 3 rings (SSSR count). The molecule has 0 amide bonds. The van der Waals surface area contributed by atoms with E-state index in [0.717, 1.165) is 33.4 Å². The van der Waals surface area contributed by atoms with Crippen molar-refractivity contribution in [2.24, 2.45) is 0 Å². The summed E-state index contributed by atoms with van der Waals surface area (Å²) in [7, 11) is 0. The van der Waals surface area contributed by atoms with E-state index in [1.807, 2.05) is 0 Å². The molecule has 0 radical (unpaired) electrons. The standard InChI is InChI=1S/C31H47N3O2S/c1-28(2,3)19-13-17(14-20(23(19)35)29(4,5)6)25-32-26(34-27(37)33-25)18-15-21(30(7,8)9)24(36)22(16-18)31(10,11)12/h13-16,25-26,32,35-36H,1-12H3,(H2,33,34,37). The molecule has 5 N–H and O–H groups in total. The smallest absolute Gasteiger partial charge is 0.169 e. The Labute approximate surface area is 229 Å². The summed E-state index contributed by atoms with van der Waals surface area (Å²) in [6, 6.07) is 8.33. The normalized spacial score (nSPS) is 19.4. The van der Waals surface area contributed by atoms with Crippen LogP contribution in [-0.4, -0.2) is 15.3 Å². The predicted octanol–water partition coefficient (Wildman–Crippen LogP) is 7.05. The topological polar surface area (TPSA) is 76.5 Å². The number of hydrogen-bond donors (Lipinski definition) is 5. The van der Waals surface area contributed by atoms with Gasteiger partial charge in [-0.1, -0.05) is 83.1 Å². The van der Waals surface area contributed by atoms with Crippen LogP contribution in [0.4, 0.5) is 0 Å². The summed E-state index contributed by atoms with van der Waals surface area (Å²) in [5, 5.41) is 33.4. The van der Waals surface area contributed by atoms with Crippen LogP contribution in [0.5, 0.6) is 11.5 Å². The maximum absolute atomic E-state index is 11.2. The number of phenolic OH excluding ortho intramolecular Hbond substituents is 2. The molecule has 6 heteroatoms. The van der Waals surface area contributed by atoms with Crippen molar-refractivity contribution in [2.75, 3.05) is 0 Å². The lowest BCUT2D eigenvalue weighted by Gasteiger charge is -2.38. The molecule has 2 aromatic carbocycles. The van der Waals surface area contributed by atoms with Crippen LogP contribution < -0.4 is 16.0 Å². The van der Waals surface area contributed by atoms with Gasteiger partial charge >= 0.3 is 0 Å². The Bertz CT molecular complexity index is 1030. The number of aromatic hydroxyl groups is 2. The minimum absolute atomic E-state index is 0.229. The average Bonchev–Trinajstić information content (AvgIpc) is 2.70. The van der Waals surface area contributed by atoms with E-state index in [-0.39, 0.29) is 34.0 Å². The molecule has 0 bridgehead atoms. The summed E-state index contributed by atoms with van der Waals surface area (Å²) in [6.07, 6.45) is -0.516. The van der Waals surface area contributed by atoms with E-state index < -0.39 is 0 Å². The van der Waals surface area contributed by atoms with E-state index in [1.165, 1.54) is 0 Å². The van der Waals surface area contributed by atoms with Gasteiger partial charge in [0.25, 0.3) is 0 Å². The molecule has 2 unspecified atom stereocenters. The Morgan fingerprint density at radius 1 is 0.541 bits per heavy atom. The van der Waals surface area contributed by atoms with Gasteiger partial charge in [0.05, 0.1) is 0 Å². The largest absolute Gasteiger partial charge is 0.507 e. The third-order valence-corrected chi connectivity index (χ3v) is 7.28. The highest BCUT2D eigenvalue weighted by Crippen LogP contribution is 2.43. The van der Waals surface area contributed by atoms with Crippen LogP contribution in [0, 0.1) is 0 Å². The summed E-state index contributed by atoms with van der Waals surface area (Å²) in [5.74, 6) is 0.722. The third kappa shape index (κ3) is 6.23. The van der Waals surface area contributed by atoms with E-state index in [2.05, 4.69) is 123 Å². The molecule has 0 aromatic heterocycles. The second-order valence-electron chi connectivity index (χ2n) is 14.6. The first-order valence-corrected chi connectivity index (χ1v) is 13.6. The number of benzene rings is 2. The van der Waals surface area contributed by atoms with Crippen molar-refractivity contribution < 1.29 is 10.2 Å². The number of hydrogen-bond acceptors (Lipinski definition) is 4. The molecule has 1 aliphatic heterocycles. The fraction of sp³-hybridized carbons (Fsp3) is 0.581. The van der Waals surface area contributed by atoms with Crippen molar-refractivity contribution in [3.63, 3.8) is 0 Å². The SMILES string of the molecule is CC(C)(C)c1cc(C2NC(=S)NC(c3cc(C(C)(C)C)c(O)c(C(C)(C)C)c3)N2)cc(C(C)(C)C)c1O. The van der Waals surface area contributed by atoms with E-state index in [9.17, 15) is 10.2 Å². The van der Waals surface area contributed by atoms with Gasteiger partial charge in [-0.05, 0) is 91.5 Å². The number of thiocarbonyl (C=S) groups is 1. The first kappa shape index (κ1) is 29.2. The highest BCUT2D eigenvalue weighted by molar-refractivity contribution is 7.80. The Morgan fingerprint density at radius 2 is 0.784 bits per heavy atom. The van der Waals surface area contributed by atoms with Crippen molar-refractivity contribution in [3.8, 4) is 11.5 Å². The summed E-state index contributed by atoms with van der Waals surface area (Å²) in [4.78, 5) is 0. The molecule has 37 heavy (non-hydrogen) atoms. The molecule has 5 nitrogen and oxygen atoms in total. The summed E-state index contributed by atoms with van der Waals surface area (Å²) in [6.45, 7) is 25.4. The Hall–Kier alpha value is -2.31. The molecule has 0 aliphatic carbocycles. The van der Waals surface area contributed by atoms with Gasteiger partial charge in [-0.25, -0.2) is 0 Å². The van der Waals surface area contributed by atoms with Gasteiger partial charge in [-0.2, -0.15) is 0 Å². The molecule has 2 aromatic rings. The predicted molar refractivity (Wildman–Crippen MR) is 159 cm³/mol. The van der Waals surface area contributed by atoms with E-state index in [4.69, 9.17) is 12.2 Å². The van der Waals surface area contributed by atoms with Crippen LogP contribution >= 0.6 is 12.2 Å². The lowest BCUT2D eigenvalue weighted by atomic mass is 9.77. The molecule has 1 saturated heterocycles. The molecule has 0 spiro atoms. The fourth-order valence-corrected chi connectivity index (χ4v) is 5.08. The lowest BCUT2D eigenvalue weighted by Crippen LogP contribution is -2.55. The first-order valence-electron chi connectivity index (χ1n) is 13.2. The van der Waals surface area contributed by atoms with Crippen molar-refractivity contribution >= 4 is 17.3 Å². The molecule has 204 valence electrons. The average molecular weight is 526 g/mol. The fourth-order valence-electron chi connectivity index (χ4n) is 4.85. The molecule has 1 heterocycles. The highest BCUT2D eigenvalue weighted by atomic mass is 32.1. The Kier molecular flexibility index (Phi) is 7.48. The molecular formula is C31H47N3O2S. The van der Waals surface area contributed by atoms with Gasteiger partial charge in [-0.15, -0.1) is 0 Å². The van der Waals surface area contributed by atoms with E-state index in [0.29, 0.717) is 16.6 Å². The summed E-state index contributed by atoms with van der Waals surface area (Å²) >= 11 is 5.68. The van der Waals surface area contributed by atoms with Gasteiger partial charge in [0.2, 0.25) is 0 Å². The number of phenols is 2. The van der Waals surface area contributed by atoms with Gasteiger partial charge in [0.1, 0.15) is 23.8 Å². The van der Waals surface area contributed by atoms with Crippen molar-refractivity contribution in [3.05, 3.63) is 57.6 Å². The summed E-state index contributed by atoms with van der Waals surface area (Å²) in [5.41, 5.74) is 4.77. The minimum Gasteiger partial charge on any atom is -0.507 e. The second kappa shape index (κ2) is 9.46. The minimum atomic E-state index is -0.258. The van der Waals surface area contributed by atoms with Crippen LogP contribution in [0.15, 0.2) is 24.3 Å². The zero-order valence-corrected chi connectivity index (χ0v) is 25.6. The van der Waals surface area contributed by atoms with Gasteiger partial charge in [0.15, 0.2) is 5.11 Å². The van der Waals surface area contributed by atoms with Crippen molar-refractivity contribution in [1.29, 1.82) is 0 Å². The van der Waals surface area contributed by atoms with Crippen molar-refractivity contribution in [1.82, 2.24) is 16.0 Å². The van der Waals surface area contributed by atoms with E-state index >= 15 is 0 Å². The van der Waals surface area contributed by atoms with Gasteiger partial charge < -0.3 is 20.8 Å². The molecular weight excluding hydrogens is 478 g/mol. The Morgan fingerprint density at radius 3 is 1.00 bits per heavy atom. The van der Waals surface area contributed by atoms with Crippen LogP contribution in [-0.2, 0) is 21.7 Å². The molecule has 2 atom stereocenters. The van der Waals surface area contributed by atoms with Crippen molar-refractivity contribution in [2.45, 2.75) is 117 Å². The quantitative estimate of drug-likeness (QED) is 0.270. The highest BCUT2D eigenvalue weighted by Gasteiger charge is 2.33. The number of nitrogens with one attached hydrogen (secondary N) is 3. The van der Waals surface area contributed by atoms with Gasteiger partial charge in [-0.3, -0.25) is 5.32 Å². The van der Waals surface area contributed by atoms with E-state index in [1.54, 1.807) is 0 Å². The Balaban J connectivity index is 2.15.